The Labute approximate surface area is 192 Å². The fraction of sp³-hybridized carbons (Fsp3) is 0.200. The largest absolute Gasteiger partial charge is 0.497 e. The van der Waals surface area contributed by atoms with Gasteiger partial charge in [0, 0.05) is 11.6 Å². The van der Waals surface area contributed by atoms with E-state index in [4.69, 9.17) is 21.3 Å². The van der Waals surface area contributed by atoms with Gasteiger partial charge in [0.2, 0.25) is 0 Å². The van der Waals surface area contributed by atoms with Crippen molar-refractivity contribution < 1.29 is 9.53 Å². The van der Waals surface area contributed by atoms with Crippen molar-refractivity contribution in [2.45, 2.75) is 18.9 Å². The topological polar surface area (TPSA) is 79.0 Å². The van der Waals surface area contributed by atoms with Gasteiger partial charge in [-0.25, -0.2) is 9.78 Å². The molecule has 1 atom stereocenters. The van der Waals surface area contributed by atoms with Gasteiger partial charge in [0.1, 0.15) is 11.6 Å². The van der Waals surface area contributed by atoms with Gasteiger partial charge in [0.25, 0.3) is 0 Å². The lowest BCUT2D eigenvalue weighted by Crippen LogP contribution is -2.40. The van der Waals surface area contributed by atoms with Gasteiger partial charge in [0.05, 0.1) is 24.2 Å². The number of aromatic amines is 1. The zero-order valence-electron chi connectivity index (χ0n) is 17.8. The van der Waals surface area contributed by atoms with E-state index in [-0.39, 0.29) is 12.1 Å². The number of methoxy groups -OCH3 is 1. The summed E-state index contributed by atoms with van der Waals surface area (Å²) in [6, 6.07) is 22.7. The van der Waals surface area contributed by atoms with Crippen LogP contribution in [0.3, 0.4) is 0 Å². The first-order chi connectivity index (χ1) is 15.6. The summed E-state index contributed by atoms with van der Waals surface area (Å²) in [4.78, 5) is 20.7. The molecule has 0 saturated carbocycles. The molecule has 1 aromatic heterocycles. The summed E-state index contributed by atoms with van der Waals surface area (Å²) in [6.07, 6.45) is 1.29. The number of benzene rings is 3. The number of imidazole rings is 1. The van der Waals surface area contributed by atoms with Gasteiger partial charge in [-0.1, -0.05) is 48.0 Å². The number of hydrogen-bond acceptors (Lipinski definition) is 3. The molecular formula is C25H25ClN4O2. The Morgan fingerprint density at radius 1 is 1.06 bits per heavy atom. The minimum Gasteiger partial charge on any atom is -0.497 e. The summed E-state index contributed by atoms with van der Waals surface area (Å²) in [5.41, 5.74) is 3.94. The fourth-order valence-corrected chi connectivity index (χ4v) is 3.79. The molecule has 6 nitrogen and oxygen atoms in total. The average molecular weight is 449 g/mol. The van der Waals surface area contributed by atoms with E-state index in [1.54, 1.807) is 7.11 Å². The van der Waals surface area contributed by atoms with Crippen molar-refractivity contribution in [1.29, 1.82) is 0 Å². The number of amides is 2. The van der Waals surface area contributed by atoms with Crippen molar-refractivity contribution in [2.24, 2.45) is 0 Å². The third-order valence-corrected chi connectivity index (χ3v) is 5.47. The van der Waals surface area contributed by atoms with Crippen LogP contribution in [0, 0.1) is 0 Å². The highest BCUT2D eigenvalue weighted by atomic mass is 35.5. The van der Waals surface area contributed by atoms with E-state index < -0.39 is 0 Å². The SMILES string of the molecule is COc1ccc(CC(NC(=O)NCCc2cccc(Cl)c2)c2nc3ccccc3[nH]2)cc1. The van der Waals surface area contributed by atoms with E-state index >= 15 is 0 Å². The van der Waals surface area contributed by atoms with E-state index in [1.807, 2.05) is 72.8 Å². The zero-order valence-corrected chi connectivity index (χ0v) is 18.5. The Bertz CT molecular complexity index is 1160. The summed E-state index contributed by atoms with van der Waals surface area (Å²) in [7, 11) is 1.64. The van der Waals surface area contributed by atoms with Gasteiger partial charge in [-0.3, -0.25) is 0 Å². The van der Waals surface area contributed by atoms with Crippen molar-refractivity contribution in [3.8, 4) is 5.75 Å². The molecule has 0 aliphatic carbocycles. The summed E-state index contributed by atoms with van der Waals surface area (Å²) in [5, 5.41) is 6.69. The number of rotatable bonds is 8. The molecule has 164 valence electrons. The molecule has 0 aliphatic heterocycles. The van der Waals surface area contributed by atoms with Crippen LogP contribution in [-0.2, 0) is 12.8 Å². The van der Waals surface area contributed by atoms with Crippen LogP contribution < -0.4 is 15.4 Å². The number of aromatic nitrogens is 2. The number of urea groups is 1. The summed E-state index contributed by atoms with van der Waals surface area (Å²) >= 11 is 6.03. The van der Waals surface area contributed by atoms with Crippen LogP contribution in [0.15, 0.2) is 72.8 Å². The lowest BCUT2D eigenvalue weighted by molar-refractivity contribution is 0.236. The van der Waals surface area contributed by atoms with Gasteiger partial charge in [0.15, 0.2) is 0 Å². The second-order valence-corrected chi connectivity index (χ2v) is 7.96. The molecule has 0 bridgehead atoms. The molecule has 0 saturated heterocycles. The molecule has 1 heterocycles. The van der Waals surface area contributed by atoms with Crippen molar-refractivity contribution in [3.05, 3.63) is 94.8 Å². The van der Waals surface area contributed by atoms with Crippen molar-refractivity contribution in [2.75, 3.05) is 13.7 Å². The molecule has 4 aromatic rings. The van der Waals surface area contributed by atoms with Crippen molar-refractivity contribution >= 4 is 28.7 Å². The van der Waals surface area contributed by atoms with Gasteiger partial charge < -0.3 is 20.4 Å². The molecule has 0 aliphatic rings. The molecule has 0 radical (unpaired) electrons. The Morgan fingerprint density at radius 3 is 2.62 bits per heavy atom. The quantitative estimate of drug-likeness (QED) is 0.353. The van der Waals surface area contributed by atoms with Crippen LogP contribution in [0.25, 0.3) is 11.0 Å². The maximum atomic E-state index is 12.7. The minimum atomic E-state index is -0.318. The second kappa shape index (κ2) is 10.2. The lowest BCUT2D eigenvalue weighted by atomic mass is 10.1. The Morgan fingerprint density at radius 2 is 1.88 bits per heavy atom. The number of halogens is 1. The molecule has 0 spiro atoms. The molecular weight excluding hydrogens is 424 g/mol. The maximum absolute atomic E-state index is 12.7. The predicted octanol–water partition coefficient (Wildman–Crippen LogP) is 5.05. The summed E-state index contributed by atoms with van der Waals surface area (Å²) in [5.74, 6) is 1.51. The summed E-state index contributed by atoms with van der Waals surface area (Å²) in [6.45, 7) is 0.502. The number of para-hydroxylation sites is 2. The highest BCUT2D eigenvalue weighted by Gasteiger charge is 2.19. The highest BCUT2D eigenvalue weighted by Crippen LogP contribution is 2.21. The van der Waals surface area contributed by atoms with Gasteiger partial charge in [-0.05, 0) is 60.4 Å². The Hall–Kier alpha value is -3.51. The third kappa shape index (κ3) is 5.59. The first-order valence-corrected chi connectivity index (χ1v) is 10.8. The number of H-pyrrole nitrogens is 1. The average Bonchev–Trinajstić information content (AvgIpc) is 3.23. The van der Waals surface area contributed by atoms with Crippen LogP contribution in [-0.4, -0.2) is 29.7 Å². The van der Waals surface area contributed by atoms with Crippen LogP contribution >= 0.6 is 11.6 Å². The highest BCUT2D eigenvalue weighted by molar-refractivity contribution is 6.30. The predicted molar refractivity (Wildman–Crippen MR) is 127 cm³/mol. The van der Waals surface area contributed by atoms with E-state index in [0.29, 0.717) is 30.2 Å². The van der Waals surface area contributed by atoms with Gasteiger partial charge >= 0.3 is 6.03 Å². The van der Waals surface area contributed by atoms with E-state index in [1.165, 1.54) is 0 Å². The third-order valence-electron chi connectivity index (χ3n) is 5.23. The molecule has 0 fully saturated rings. The van der Waals surface area contributed by atoms with Crippen molar-refractivity contribution in [3.63, 3.8) is 0 Å². The number of ether oxygens (including phenoxy) is 1. The van der Waals surface area contributed by atoms with E-state index in [9.17, 15) is 4.79 Å². The maximum Gasteiger partial charge on any atom is 0.315 e. The monoisotopic (exact) mass is 448 g/mol. The molecule has 4 rings (SSSR count). The molecule has 2 amide bonds. The number of carbonyl (C=O) groups is 1. The number of nitrogens with zero attached hydrogens (tertiary/aromatic N) is 1. The smallest absolute Gasteiger partial charge is 0.315 e. The minimum absolute atomic E-state index is 0.244. The first kappa shape index (κ1) is 21.7. The molecule has 1 unspecified atom stereocenters. The Balaban J connectivity index is 1.45. The van der Waals surface area contributed by atoms with Gasteiger partial charge in [-0.15, -0.1) is 0 Å². The summed E-state index contributed by atoms with van der Waals surface area (Å²) < 4.78 is 5.24. The molecule has 3 N–H and O–H groups in total. The number of carbonyl (C=O) groups excluding carboxylic acids is 1. The van der Waals surface area contributed by atoms with E-state index in [2.05, 4.69) is 15.6 Å². The van der Waals surface area contributed by atoms with Crippen molar-refractivity contribution in [1.82, 2.24) is 20.6 Å². The lowest BCUT2D eigenvalue weighted by Gasteiger charge is -2.18. The van der Waals surface area contributed by atoms with Crippen LogP contribution in [0.1, 0.15) is 23.0 Å². The number of hydrogen-bond donors (Lipinski definition) is 3. The first-order valence-electron chi connectivity index (χ1n) is 10.5. The number of fused-ring (bicyclic) bond motifs is 1. The molecule has 3 aromatic carbocycles. The second-order valence-electron chi connectivity index (χ2n) is 7.52. The molecule has 7 heteroatoms. The van der Waals surface area contributed by atoms with E-state index in [0.717, 1.165) is 27.9 Å². The molecule has 32 heavy (non-hydrogen) atoms. The van der Waals surface area contributed by atoms with Crippen LogP contribution in [0.2, 0.25) is 5.02 Å². The van der Waals surface area contributed by atoms with Crippen LogP contribution in [0.5, 0.6) is 5.75 Å². The van der Waals surface area contributed by atoms with Gasteiger partial charge in [-0.2, -0.15) is 0 Å². The standard InChI is InChI=1S/C25H25ClN4O2/c1-32-20-11-9-18(10-12-20)16-23(24-28-21-7-2-3-8-22(21)29-24)30-25(31)27-14-13-17-5-4-6-19(26)15-17/h2-12,15,23H,13-14,16H2,1H3,(H,28,29)(H2,27,30,31). The Kier molecular flexibility index (Phi) is 6.92. The normalized spacial score (nSPS) is 11.8. The number of nitrogens with one attached hydrogen (secondary N) is 3. The fourth-order valence-electron chi connectivity index (χ4n) is 3.57. The van der Waals surface area contributed by atoms with Crippen LogP contribution in [0.4, 0.5) is 4.79 Å². The zero-order chi connectivity index (χ0) is 22.3.